The first kappa shape index (κ1) is 23.1. The van der Waals surface area contributed by atoms with E-state index in [0.29, 0.717) is 0 Å². The quantitative estimate of drug-likeness (QED) is 0.414. The molecule has 7 heavy (non-hydrogen) atoms. The molecule has 0 aliphatic rings. The molecule has 0 amide bonds. The SMILES string of the molecule is [Ce+3].[O-][SiH3].[O-][SiH3].[O-][SiH3]. The van der Waals surface area contributed by atoms with E-state index in [4.69, 9.17) is 14.4 Å². The molecule has 7 heteroatoms. The van der Waals surface area contributed by atoms with Crippen molar-refractivity contribution in [2.45, 2.75) is 0 Å². The van der Waals surface area contributed by atoms with Crippen LogP contribution >= 0.6 is 0 Å². The van der Waals surface area contributed by atoms with Gasteiger partial charge in [0.15, 0.2) is 0 Å². The smallest absolute Gasteiger partial charge is 0.865 e. The molecule has 0 rings (SSSR count). The van der Waals surface area contributed by atoms with Crippen molar-refractivity contribution in [3.8, 4) is 0 Å². The summed E-state index contributed by atoms with van der Waals surface area (Å²) in [7, 11) is 0.167. The Morgan fingerprint density at radius 1 is 0.571 bits per heavy atom. The summed E-state index contributed by atoms with van der Waals surface area (Å²) in [6.07, 6.45) is 0. The van der Waals surface area contributed by atoms with Crippen LogP contribution in [0.25, 0.3) is 0 Å². The van der Waals surface area contributed by atoms with Crippen LogP contribution in [-0.2, 0) is 0 Å². The second kappa shape index (κ2) is 104. The van der Waals surface area contributed by atoms with Crippen LogP contribution in [0.5, 0.6) is 0 Å². The third kappa shape index (κ3) is 75.9. The monoisotopic (exact) mass is 281 g/mol. The van der Waals surface area contributed by atoms with Crippen LogP contribution in [0.15, 0.2) is 0 Å². The Bertz CT molecular complexity index is 10.1. The van der Waals surface area contributed by atoms with Gasteiger partial charge in [-0.1, -0.05) is 31.5 Å². The predicted molar refractivity (Wildman–Crippen MR) is 29.8 cm³/mol. The van der Waals surface area contributed by atoms with Gasteiger partial charge in [0.1, 0.15) is 0 Å². The zero-order valence-electron chi connectivity index (χ0n) is 4.72. The Labute approximate surface area is 86.5 Å². The number of hydrogen-bond acceptors (Lipinski definition) is 3. The second-order valence-corrected chi connectivity index (χ2v) is 0. The van der Waals surface area contributed by atoms with Gasteiger partial charge in [-0.2, -0.15) is 0 Å². The zero-order chi connectivity index (χ0) is 6.00. The van der Waals surface area contributed by atoms with Crippen LogP contribution in [0.4, 0.5) is 0 Å². The van der Waals surface area contributed by atoms with Crippen molar-refractivity contribution in [1.82, 2.24) is 0 Å². The molecule has 0 fully saturated rings. The van der Waals surface area contributed by atoms with Crippen molar-refractivity contribution in [1.29, 1.82) is 0 Å². The van der Waals surface area contributed by atoms with Gasteiger partial charge in [0.2, 0.25) is 0 Å². The molecule has 0 heterocycles. The molecule has 3 nitrogen and oxygen atoms in total. The maximum absolute atomic E-state index is 8.39. The maximum Gasteiger partial charge on any atom is 3.00 e. The summed E-state index contributed by atoms with van der Waals surface area (Å²) < 4.78 is 0. The average Bonchev–Trinajstić information content (AvgIpc) is 1.81. The first-order valence-electron chi connectivity index (χ1n) is 1.22. The van der Waals surface area contributed by atoms with E-state index in [-0.39, 0.29) is 73.2 Å². The molecule has 0 aliphatic heterocycles. The first-order valence-corrected chi connectivity index (χ1v) is 3.67. The van der Waals surface area contributed by atoms with Crippen molar-refractivity contribution in [2.75, 3.05) is 0 Å². The van der Waals surface area contributed by atoms with Gasteiger partial charge in [0, 0.05) is 0 Å². The van der Waals surface area contributed by atoms with E-state index in [1.807, 2.05) is 0 Å². The topological polar surface area (TPSA) is 69.2 Å². The summed E-state index contributed by atoms with van der Waals surface area (Å²) in [5.41, 5.74) is 0. The largest absolute Gasteiger partial charge is 3.00 e. The third-order valence-electron chi connectivity index (χ3n) is 0. The van der Waals surface area contributed by atoms with E-state index in [1.165, 1.54) is 0 Å². The van der Waals surface area contributed by atoms with E-state index in [0.717, 1.165) is 0 Å². The first-order chi connectivity index (χ1) is 3.00. The molecule has 0 N–H and O–H groups in total. The van der Waals surface area contributed by atoms with E-state index < -0.39 is 0 Å². The minimum absolute atomic E-state index is 0. The van der Waals surface area contributed by atoms with Gasteiger partial charge in [-0.25, -0.2) is 0 Å². The summed E-state index contributed by atoms with van der Waals surface area (Å²) in [6.45, 7) is 0. The molecule has 0 saturated heterocycles. The van der Waals surface area contributed by atoms with Crippen LogP contribution in [0, 0.1) is 41.7 Å². The molecule has 0 atom stereocenters. The molecule has 0 aliphatic carbocycles. The van der Waals surface area contributed by atoms with Crippen LogP contribution < -0.4 is 14.4 Å². The summed E-state index contributed by atoms with van der Waals surface area (Å²) >= 11 is 0. The summed E-state index contributed by atoms with van der Waals surface area (Å²) in [5.74, 6) is 0. The number of rotatable bonds is 0. The standard InChI is InChI=1S/Ce.3H3OSi/c;3*1-2/h;3*2H3/q+3;3*-1. The molecule has 0 saturated carbocycles. The summed E-state index contributed by atoms with van der Waals surface area (Å²) in [6, 6.07) is 0. The Balaban J connectivity index is -0.00000000900. The van der Waals surface area contributed by atoms with Crippen LogP contribution in [0.1, 0.15) is 0 Å². The molecule has 43 valence electrons. The van der Waals surface area contributed by atoms with Gasteiger partial charge in [-0.05, 0) is 0 Å². The fourth-order valence-electron chi connectivity index (χ4n) is 0. The molecular weight excluding hydrogens is 272 g/mol. The second-order valence-electron chi connectivity index (χ2n) is 0. The zero-order valence-corrected chi connectivity index (χ0v) is 13.9. The molecule has 0 aromatic carbocycles. The summed E-state index contributed by atoms with van der Waals surface area (Å²) in [4.78, 5) is 25.2. The number of hydrogen-bond donors (Lipinski definition) is 0. The van der Waals surface area contributed by atoms with Gasteiger partial charge in [0.25, 0.3) is 0 Å². The van der Waals surface area contributed by atoms with Gasteiger partial charge in [-0.3, -0.25) is 0 Å². The molecule has 1 radical (unpaired) electrons. The van der Waals surface area contributed by atoms with Crippen molar-refractivity contribution in [2.24, 2.45) is 0 Å². The maximum atomic E-state index is 8.39. The normalized spacial score (nSPS) is 3.86. The Hall–Kier alpha value is 1.91. The third-order valence-corrected chi connectivity index (χ3v) is 0. The van der Waals surface area contributed by atoms with Crippen LogP contribution in [-0.4, -0.2) is 31.5 Å². The van der Waals surface area contributed by atoms with E-state index in [1.54, 1.807) is 0 Å². The Kier molecular flexibility index (Phi) is 343. The molecule has 0 spiro atoms. The van der Waals surface area contributed by atoms with Gasteiger partial charge >= 0.3 is 41.7 Å². The fraction of sp³-hybridized carbons (Fsp3) is 0. The molecule has 0 aromatic heterocycles. The Morgan fingerprint density at radius 2 is 0.571 bits per heavy atom. The molecule has 0 bridgehead atoms. The van der Waals surface area contributed by atoms with Crippen molar-refractivity contribution in [3.63, 3.8) is 0 Å². The van der Waals surface area contributed by atoms with Crippen LogP contribution in [0.3, 0.4) is 0 Å². The van der Waals surface area contributed by atoms with E-state index in [9.17, 15) is 0 Å². The van der Waals surface area contributed by atoms with Crippen molar-refractivity contribution in [3.05, 3.63) is 0 Å². The minimum atomic E-state index is 0. The molecule has 0 unspecified atom stereocenters. The predicted octanol–water partition coefficient (Wildman–Crippen LogP) is -7.12. The minimum Gasteiger partial charge on any atom is -0.865 e. The van der Waals surface area contributed by atoms with Gasteiger partial charge < -0.3 is 14.4 Å². The molecular formula is H9CeO3Si3. The van der Waals surface area contributed by atoms with Crippen molar-refractivity contribution < 1.29 is 56.1 Å². The molecule has 0 aromatic rings. The fourth-order valence-corrected chi connectivity index (χ4v) is 0. The Morgan fingerprint density at radius 3 is 0.571 bits per heavy atom. The van der Waals surface area contributed by atoms with Crippen LogP contribution in [0.2, 0.25) is 0 Å². The van der Waals surface area contributed by atoms with Crippen molar-refractivity contribution >= 4 is 31.5 Å². The van der Waals surface area contributed by atoms with Gasteiger partial charge in [0.05, 0.1) is 0 Å². The van der Waals surface area contributed by atoms with E-state index >= 15 is 0 Å². The van der Waals surface area contributed by atoms with E-state index in [2.05, 4.69) is 0 Å². The average molecular weight is 281 g/mol. The van der Waals surface area contributed by atoms with Gasteiger partial charge in [-0.15, -0.1) is 0 Å². The summed E-state index contributed by atoms with van der Waals surface area (Å²) in [5, 5.41) is 0.